The van der Waals surface area contributed by atoms with Gasteiger partial charge in [0.1, 0.15) is 5.52 Å². The Morgan fingerprint density at radius 3 is 2.67 bits per heavy atom. The predicted molar refractivity (Wildman–Crippen MR) is 133 cm³/mol. The van der Waals surface area contributed by atoms with Crippen molar-refractivity contribution in [2.45, 2.75) is 27.2 Å². The summed E-state index contributed by atoms with van der Waals surface area (Å²) in [5, 5.41) is 6.75. The highest BCUT2D eigenvalue weighted by Crippen LogP contribution is 2.28. The fourth-order valence-corrected chi connectivity index (χ4v) is 3.73. The molecule has 2 aromatic carbocycles. The molecule has 33 heavy (non-hydrogen) atoms. The maximum Gasteiger partial charge on any atom is 0.277 e. The van der Waals surface area contributed by atoms with Crippen LogP contribution in [0.2, 0.25) is 0 Å². The molecule has 2 aromatic heterocycles. The van der Waals surface area contributed by atoms with Crippen LogP contribution in [-0.4, -0.2) is 27.0 Å². The number of nitrogens with zero attached hydrogens (tertiary/aromatic N) is 3. The number of carbonyl (C=O) groups excluding carboxylic acids is 1. The number of rotatable bonds is 6. The van der Waals surface area contributed by atoms with Crippen LogP contribution in [0.4, 0.5) is 11.6 Å². The van der Waals surface area contributed by atoms with E-state index in [-0.39, 0.29) is 11.5 Å². The number of amides is 1. The molecule has 7 nitrogen and oxygen atoms in total. The molecule has 7 heteroatoms. The Hall–Kier alpha value is -4.00. The van der Waals surface area contributed by atoms with E-state index < -0.39 is 0 Å². The second-order valence-electron chi connectivity index (χ2n) is 8.17. The molecule has 2 N–H and O–H groups in total. The summed E-state index contributed by atoms with van der Waals surface area (Å²) in [5.41, 5.74) is 5.02. The van der Waals surface area contributed by atoms with E-state index in [1.807, 2.05) is 56.3 Å². The van der Waals surface area contributed by atoms with Crippen LogP contribution < -0.4 is 16.2 Å². The normalized spacial score (nSPS) is 10.9. The van der Waals surface area contributed by atoms with Crippen molar-refractivity contribution in [2.24, 2.45) is 7.05 Å². The molecule has 0 spiro atoms. The van der Waals surface area contributed by atoms with Crippen LogP contribution in [0.15, 0.2) is 59.5 Å². The molecule has 0 saturated heterocycles. The summed E-state index contributed by atoms with van der Waals surface area (Å²) < 4.78 is 1.59. The van der Waals surface area contributed by atoms with Gasteiger partial charge in [0.2, 0.25) is 5.95 Å². The molecule has 0 radical (unpaired) electrons. The smallest absolute Gasteiger partial charge is 0.277 e. The molecular formula is C26H27N5O2. The highest BCUT2D eigenvalue weighted by Gasteiger charge is 2.14. The first-order valence-corrected chi connectivity index (χ1v) is 11.0. The number of carbonyl (C=O) groups is 1. The maximum absolute atomic E-state index is 13.1. The van der Waals surface area contributed by atoms with Gasteiger partial charge in [0.05, 0.1) is 5.69 Å². The van der Waals surface area contributed by atoms with Crippen molar-refractivity contribution in [3.63, 3.8) is 0 Å². The van der Waals surface area contributed by atoms with Crippen molar-refractivity contribution in [1.82, 2.24) is 14.5 Å². The number of anilines is 2. The van der Waals surface area contributed by atoms with Gasteiger partial charge < -0.3 is 15.2 Å². The quantitative estimate of drug-likeness (QED) is 0.453. The molecule has 0 aliphatic rings. The molecule has 168 valence electrons. The van der Waals surface area contributed by atoms with E-state index in [1.165, 1.54) is 0 Å². The van der Waals surface area contributed by atoms with Crippen LogP contribution in [-0.2, 0) is 7.05 Å². The van der Waals surface area contributed by atoms with E-state index >= 15 is 0 Å². The fraction of sp³-hybridized carbons (Fsp3) is 0.231. The zero-order chi connectivity index (χ0) is 23.5. The second kappa shape index (κ2) is 9.24. The Balaban J connectivity index is 1.72. The van der Waals surface area contributed by atoms with Gasteiger partial charge in [-0.3, -0.25) is 9.59 Å². The largest absolute Gasteiger partial charge is 0.354 e. The molecule has 4 aromatic rings. The van der Waals surface area contributed by atoms with E-state index in [4.69, 9.17) is 0 Å². The van der Waals surface area contributed by atoms with Crippen LogP contribution >= 0.6 is 0 Å². The van der Waals surface area contributed by atoms with Crippen molar-refractivity contribution >= 4 is 28.4 Å². The molecule has 0 fully saturated rings. The number of pyridine rings is 1. The lowest BCUT2D eigenvalue weighted by Crippen LogP contribution is -2.20. The summed E-state index contributed by atoms with van der Waals surface area (Å²) in [6.45, 7) is 6.72. The molecule has 1 amide bonds. The Kier molecular flexibility index (Phi) is 6.22. The van der Waals surface area contributed by atoms with Gasteiger partial charge >= 0.3 is 0 Å². The fourth-order valence-electron chi connectivity index (χ4n) is 3.73. The van der Waals surface area contributed by atoms with Crippen molar-refractivity contribution in [3.05, 3.63) is 81.8 Å². The molecule has 4 rings (SSSR count). The highest BCUT2D eigenvalue weighted by atomic mass is 16.1. The average Bonchev–Trinajstić information content (AvgIpc) is 2.81. The summed E-state index contributed by atoms with van der Waals surface area (Å²) in [4.78, 5) is 34.6. The number of nitrogens with one attached hydrogen (secondary N) is 2. The molecule has 0 unspecified atom stereocenters. The third-order valence-electron chi connectivity index (χ3n) is 5.56. The number of aryl methyl sites for hydroxylation is 2. The first kappa shape index (κ1) is 22.2. The summed E-state index contributed by atoms with van der Waals surface area (Å²) in [5.74, 6) is 0.271. The van der Waals surface area contributed by atoms with E-state index in [0.29, 0.717) is 28.1 Å². The molecule has 0 aliphatic heterocycles. The van der Waals surface area contributed by atoms with Gasteiger partial charge in [0.25, 0.3) is 11.5 Å². The van der Waals surface area contributed by atoms with Gasteiger partial charge in [-0.2, -0.15) is 0 Å². The highest BCUT2D eigenvalue weighted by molar-refractivity contribution is 6.04. The standard InChI is InChI=1S/C26H27N5O2/c1-5-11-27-26-28-15-19-13-22(31(4)25(33)23(19)30-26)21-14-20(10-9-17(21)3)29-24(32)18-8-6-7-16(2)12-18/h6-10,12-15H,5,11H2,1-4H3,(H,29,32)(H,27,28,30). The number of hydrogen-bond acceptors (Lipinski definition) is 5. The maximum atomic E-state index is 13.1. The van der Waals surface area contributed by atoms with E-state index in [1.54, 1.807) is 23.9 Å². The molecule has 0 atom stereocenters. The van der Waals surface area contributed by atoms with Gasteiger partial charge in [-0.1, -0.05) is 30.7 Å². The lowest BCUT2D eigenvalue weighted by atomic mass is 10.0. The van der Waals surface area contributed by atoms with E-state index in [2.05, 4.69) is 27.5 Å². The summed E-state index contributed by atoms with van der Waals surface area (Å²) >= 11 is 0. The van der Waals surface area contributed by atoms with Gasteiger partial charge in [0.15, 0.2) is 0 Å². The van der Waals surface area contributed by atoms with Gasteiger partial charge in [-0.15, -0.1) is 0 Å². The van der Waals surface area contributed by atoms with Crippen LogP contribution in [0.25, 0.3) is 22.2 Å². The number of aromatic nitrogens is 3. The molecule has 0 saturated carbocycles. The van der Waals surface area contributed by atoms with Crippen molar-refractivity contribution in [2.75, 3.05) is 17.2 Å². The Morgan fingerprint density at radius 2 is 1.91 bits per heavy atom. The lowest BCUT2D eigenvalue weighted by Gasteiger charge is -2.15. The first-order chi connectivity index (χ1) is 15.9. The number of fused-ring (bicyclic) bond motifs is 1. The van der Waals surface area contributed by atoms with Crippen molar-refractivity contribution in [3.8, 4) is 11.3 Å². The minimum atomic E-state index is -0.196. The Labute approximate surface area is 192 Å². The summed E-state index contributed by atoms with van der Waals surface area (Å²) in [6, 6.07) is 15.0. The van der Waals surface area contributed by atoms with E-state index in [9.17, 15) is 9.59 Å². The van der Waals surface area contributed by atoms with Crippen LogP contribution in [0.1, 0.15) is 34.8 Å². The lowest BCUT2D eigenvalue weighted by molar-refractivity contribution is 0.102. The minimum absolute atomic E-state index is 0.179. The van der Waals surface area contributed by atoms with Gasteiger partial charge in [-0.25, -0.2) is 9.97 Å². The van der Waals surface area contributed by atoms with Gasteiger partial charge in [0, 0.05) is 42.0 Å². The van der Waals surface area contributed by atoms with E-state index in [0.717, 1.165) is 35.3 Å². The zero-order valence-corrected chi connectivity index (χ0v) is 19.3. The van der Waals surface area contributed by atoms with Crippen molar-refractivity contribution < 1.29 is 4.79 Å². The predicted octanol–water partition coefficient (Wildman–Crippen LogP) is 4.69. The van der Waals surface area contributed by atoms with Crippen LogP contribution in [0, 0.1) is 13.8 Å². The number of hydrogen-bond donors (Lipinski definition) is 2. The van der Waals surface area contributed by atoms with Gasteiger partial charge in [-0.05, 0) is 56.2 Å². The zero-order valence-electron chi connectivity index (χ0n) is 19.3. The second-order valence-corrected chi connectivity index (χ2v) is 8.17. The topological polar surface area (TPSA) is 88.9 Å². The Morgan fingerprint density at radius 1 is 1.09 bits per heavy atom. The molecule has 0 aliphatic carbocycles. The first-order valence-electron chi connectivity index (χ1n) is 11.0. The number of benzene rings is 2. The summed E-state index contributed by atoms with van der Waals surface area (Å²) in [6.07, 6.45) is 2.61. The third-order valence-corrected chi connectivity index (χ3v) is 5.56. The summed E-state index contributed by atoms with van der Waals surface area (Å²) in [7, 11) is 1.73. The third kappa shape index (κ3) is 4.62. The average molecular weight is 442 g/mol. The SMILES string of the molecule is CCCNc1ncc2cc(-c3cc(NC(=O)c4cccc(C)c4)ccc3C)n(C)c(=O)c2n1. The molecule has 2 heterocycles. The molecule has 0 bridgehead atoms. The minimum Gasteiger partial charge on any atom is -0.354 e. The van der Waals surface area contributed by atoms with Crippen LogP contribution in [0.5, 0.6) is 0 Å². The van der Waals surface area contributed by atoms with Crippen molar-refractivity contribution in [1.29, 1.82) is 0 Å². The van der Waals surface area contributed by atoms with Crippen LogP contribution in [0.3, 0.4) is 0 Å². The Bertz CT molecular complexity index is 1410. The monoisotopic (exact) mass is 441 g/mol. The molecular weight excluding hydrogens is 414 g/mol.